The Morgan fingerprint density at radius 3 is 2.70 bits per heavy atom. The first-order valence-electron chi connectivity index (χ1n) is 9.90. The van der Waals surface area contributed by atoms with Gasteiger partial charge in [-0.25, -0.2) is 4.99 Å². The number of guanidine groups is 1. The van der Waals surface area contributed by atoms with E-state index in [4.69, 9.17) is 4.42 Å². The number of aryl methyl sites for hydroxylation is 2. The second-order valence-corrected chi connectivity index (χ2v) is 7.63. The minimum Gasteiger partial charge on any atom is -0.466 e. The van der Waals surface area contributed by atoms with Gasteiger partial charge in [0.15, 0.2) is 5.96 Å². The Balaban J connectivity index is 0.00000364. The second-order valence-electron chi connectivity index (χ2n) is 7.63. The minimum atomic E-state index is -1.05. The molecule has 1 fully saturated rings. The van der Waals surface area contributed by atoms with E-state index in [0.29, 0.717) is 5.92 Å². The van der Waals surface area contributed by atoms with Crippen LogP contribution in [0.25, 0.3) is 0 Å². The molecule has 1 aliphatic heterocycles. The van der Waals surface area contributed by atoms with Crippen molar-refractivity contribution in [1.29, 1.82) is 0 Å². The van der Waals surface area contributed by atoms with Gasteiger partial charge in [0.05, 0.1) is 6.54 Å². The molecule has 0 spiro atoms. The molecule has 0 radical (unpaired) electrons. The van der Waals surface area contributed by atoms with Crippen LogP contribution in [0.3, 0.4) is 0 Å². The molecule has 156 valence electrons. The molecule has 3 N–H and O–H groups in total. The van der Waals surface area contributed by atoms with Crippen molar-refractivity contribution in [3.63, 3.8) is 0 Å². The van der Waals surface area contributed by atoms with Crippen molar-refractivity contribution in [2.45, 2.75) is 53.1 Å². The summed E-state index contributed by atoms with van der Waals surface area (Å²) >= 11 is 0. The molecule has 0 bridgehead atoms. The van der Waals surface area contributed by atoms with E-state index in [9.17, 15) is 5.11 Å². The maximum absolute atomic E-state index is 10.8. The normalized spacial score (nSPS) is 20.2. The molecular weight excluding hydrogens is 455 g/mol. The Labute approximate surface area is 181 Å². The lowest BCUT2D eigenvalue weighted by Gasteiger charge is -2.22. The molecule has 7 heteroatoms. The zero-order chi connectivity index (χ0) is 19.2. The van der Waals surface area contributed by atoms with Crippen molar-refractivity contribution in [3.8, 4) is 0 Å². The number of hydrogen-bond acceptors (Lipinski definition) is 4. The van der Waals surface area contributed by atoms with E-state index in [2.05, 4.69) is 34.4 Å². The van der Waals surface area contributed by atoms with Crippen LogP contribution in [0, 0.1) is 19.8 Å². The number of likely N-dealkylation sites (tertiary alicyclic amines) is 1. The molecule has 0 aliphatic carbocycles. The van der Waals surface area contributed by atoms with Gasteiger partial charge in [-0.05, 0) is 65.6 Å². The highest BCUT2D eigenvalue weighted by atomic mass is 127. The Morgan fingerprint density at radius 1 is 1.37 bits per heavy atom. The largest absolute Gasteiger partial charge is 0.466 e. The molecule has 2 heterocycles. The predicted octanol–water partition coefficient (Wildman–Crippen LogP) is 3.01. The molecule has 2 rings (SSSR count). The molecule has 27 heavy (non-hydrogen) atoms. The van der Waals surface area contributed by atoms with Gasteiger partial charge < -0.3 is 25.1 Å². The van der Waals surface area contributed by atoms with Crippen LogP contribution in [0.1, 0.15) is 50.7 Å². The van der Waals surface area contributed by atoms with E-state index in [-0.39, 0.29) is 30.5 Å². The summed E-state index contributed by atoms with van der Waals surface area (Å²) in [6.45, 7) is 15.4. The Kier molecular flexibility index (Phi) is 10.1. The third-order valence-corrected chi connectivity index (χ3v) is 4.98. The van der Waals surface area contributed by atoms with Crippen molar-refractivity contribution in [2.75, 3.05) is 39.3 Å². The smallest absolute Gasteiger partial charge is 0.191 e. The maximum atomic E-state index is 10.8. The van der Waals surface area contributed by atoms with Gasteiger partial charge in [-0.1, -0.05) is 6.92 Å². The van der Waals surface area contributed by atoms with Crippen molar-refractivity contribution >= 4 is 29.9 Å². The number of hydrogen-bond donors (Lipinski definition) is 3. The SMILES string of the molecule is CCCN1CCC(CNC(=NCC(C)(O)c2cc(C)oc2C)NCC)C1.I. The van der Waals surface area contributed by atoms with E-state index in [1.165, 1.54) is 25.9 Å². The van der Waals surface area contributed by atoms with Crippen molar-refractivity contribution in [2.24, 2.45) is 10.9 Å². The Hall–Kier alpha value is -0.800. The quantitative estimate of drug-likeness (QED) is 0.296. The van der Waals surface area contributed by atoms with Gasteiger partial charge in [0.25, 0.3) is 0 Å². The molecule has 1 aromatic heterocycles. The Morgan fingerprint density at radius 2 is 2.11 bits per heavy atom. The summed E-state index contributed by atoms with van der Waals surface area (Å²) < 4.78 is 5.56. The van der Waals surface area contributed by atoms with Gasteiger partial charge in [-0.15, -0.1) is 24.0 Å². The molecule has 1 aliphatic rings. The van der Waals surface area contributed by atoms with Crippen LogP contribution in [0.4, 0.5) is 0 Å². The molecule has 1 aromatic rings. The third kappa shape index (κ3) is 7.27. The van der Waals surface area contributed by atoms with E-state index < -0.39 is 5.60 Å². The van der Waals surface area contributed by atoms with Gasteiger partial charge in [-0.3, -0.25) is 0 Å². The number of furan rings is 1. The summed E-state index contributed by atoms with van der Waals surface area (Å²) in [5.41, 5.74) is -0.240. The number of aliphatic hydroxyl groups is 1. The summed E-state index contributed by atoms with van der Waals surface area (Å²) in [6.07, 6.45) is 2.45. The summed E-state index contributed by atoms with van der Waals surface area (Å²) in [4.78, 5) is 7.15. The van der Waals surface area contributed by atoms with Crippen LogP contribution in [0.2, 0.25) is 0 Å². The number of halogens is 1. The molecule has 0 saturated carbocycles. The highest BCUT2D eigenvalue weighted by Gasteiger charge is 2.28. The van der Waals surface area contributed by atoms with E-state index in [1.54, 1.807) is 6.92 Å². The zero-order valence-corrected chi connectivity index (χ0v) is 19.8. The average Bonchev–Trinajstić information content (AvgIpc) is 3.17. The first-order valence-corrected chi connectivity index (χ1v) is 9.90. The van der Waals surface area contributed by atoms with Crippen LogP contribution < -0.4 is 10.6 Å². The van der Waals surface area contributed by atoms with Crippen LogP contribution in [0.5, 0.6) is 0 Å². The highest BCUT2D eigenvalue weighted by molar-refractivity contribution is 14.0. The first-order chi connectivity index (χ1) is 12.4. The number of nitrogens with one attached hydrogen (secondary N) is 2. The van der Waals surface area contributed by atoms with E-state index in [0.717, 1.165) is 42.7 Å². The molecular formula is C20H37IN4O2. The summed E-state index contributed by atoms with van der Waals surface area (Å²) in [5, 5.41) is 17.6. The van der Waals surface area contributed by atoms with Crippen molar-refractivity contribution in [3.05, 3.63) is 23.2 Å². The van der Waals surface area contributed by atoms with Crippen LogP contribution in [-0.4, -0.2) is 55.2 Å². The summed E-state index contributed by atoms with van der Waals surface area (Å²) in [7, 11) is 0. The lowest BCUT2D eigenvalue weighted by molar-refractivity contribution is 0.0657. The molecule has 0 amide bonds. The first kappa shape index (κ1) is 24.2. The van der Waals surface area contributed by atoms with Crippen molar-refractivity contribution in [1.82, 2.24) is 15.5 Å². The van der Waals surface area contributed by atoms with Gasteiger partial charge in [0, 0.05) is 25.2 Å². The standard InChI is InChI=1S/C20H36N4O2.HI/c1-6-9-24-10-8-17(13-24)12-22-19(21-7-2)23-14-20(5,25)18-11-15(3)26-16(18)4;/h11,17,25H,6-10,12-14H2,1-5H3,(H2,21,22,23);1H. The van der Waals surface area contributed by atoms with E-state index >= 15 is 0 Å². The predicted molar refractivity (Wildman–Crippen MR) is 122 cm³/mol. The molecule has 2 unspecified atom stereocenters. The topological polar surface area (TPSA) is 73.0 Å². The van der Waals surface area contributed by atoms with Gasteiger partial charge in [0.1, 0.15) is 17.1 Å². The van der Waals surface area contributed by atoms with Crippen LogP contribution in [0.15, 0.2) is 15.5 Å². The summed E-state index contributed by atoms with van der Waals surface area (Å²) in [6, 6.07) is 1.89. The van der Waals surface area contributed by atoms with Crippen LogP contribution >= 0.6 is 24.0 Å². The van der Waals surface area contributed by atoms with Gasteiger partial charge in [-0.2, -0.15) is 0 Å². The maximum Gasteiger partial charge on any atom is 0.191 e. The molecule has 6 nitrogen and oxygen atoms in total. The van der Waals surface area contributed by atoms with Gasteiger partial charge in [0.2, 0.25) is 0 Å². The number of aliphatic imine (C=N–C) groups is 1. The minimum absolute atomic E-state index is 0. The van der Waals surface area contributed by atoms with Gasteiger partial charge >= 0.3 is 0 Å². The molecule has 1 saturated heterocycles. The van der Waals surface area contributed by atoms with Crippen LogP contribution in [-0.2, 0) is 5.60 Å². The highest BCUT2D eigenvalue weighted by Crippen LogP contribution is 2.27. The zero-order valence-electron chi connectivity index (χ0n) is 17.5. The monoisotopic (exact) mass is 492 g/mol. The molecule has 2 atom stereocenters. The fourth-order valence-electron chi connectivity index (χ4n) is 3.67. The van der Waals surface area contributed by atoms with Crippen molar-refractivity contribution < 1.29 is 9.52 Å². The third-order valence-electron chi connectivity index (χ3n) is 4.98. The lowest BCUT2D eigenvalue weighted by Crippen LogP contribution is -2.41. The average molecular weight is 492 g/mol. The fourth-order valence-corrected chi connectivity index (χ4v) is 3.67. The fraction of sp³-hybridized carbons (Fsp3) is 0.750. The summed E-state index contributed by atoms with van der Waals surface area (Å²) in [5.74, 6) is 2.98. The Bertz CT molecular complexity index is 601. The number of rotatable bonds is 8. The second kappa shape index (κ2) is 11.3. The lowest BCUT2D eigenvalue weighted by atomic mass is 9.96. The van der Waals surface area contributed by atoms with E-state index in [1.807, 2.05) is 19.9 Å². The number of nitrogens with zero attached hydrogens (tertiary/aromatic N) is 2. The molecule has 0 aromatic carbocycles.